The van der Waals surface area contributed by atoms with Crippen molar-refractivity contribution in [1.82, 2.24) is 10.6 Å². The van der Waals surface area contributed by atoms with Gasteiger partial charge in [0.05, 0.1) is 0 Å². The fourth-order valence-corrected chi connectivity index (χ4v) is 1.73. The van der Waals surface area contributed by atoms with Crippen molar-refractivity contribution >= 4 is 23.6 Å². The molecule has 2 rings (SSSR count). The van der Waals surface area contributed by atoms with Gasteiger partial charge in [-0.2, -0.15) is 0 Å². The number of nitrogens with one attached hydrogen (secondary N) is 3. The molecule has 1 aliphatic carbocycles. The van der Waals surface area contributed by atoms with Crippen LogP contribution in [-0.2, 0) is 4.79 Å². The van der Waals surface area contributed by atoms with Crippen LogP contribution in [0.25, 0.3) is 0 Å². The lowest BCUT2D eigenvalue weighted by molar-refractivity contribution is -0.143. The van der Waals surface area contributed by atoms with Gasteiger partial charge in [-0.3, -0.25) is 4.79 Å². The Labute approximate surface area is 128 Å². The van der Waals surface area contributed by atoms with E-state index in [0.717, 1.165) is 12.8 Å². The first-order chi connectivity index (χ1) is 10.3. The second-order valence-electron chi connectivity index (χ2n) is 5.84. The summed E-state index contributed by atoms with van der Waals surface area (Å²) in [6.07, 6.45) is 1.97. The molecule has 0 radical (unpaired) electrons. The molecule has 0 aromatic heterocycles. The molecule has 7 heteroatoms. The minimum Gasteiger partial charge on any atom is -0.480 e. The smallest absolute Gasteiger partial charge is 0.328 e. The zero-order chi connectivity index (χ0) is 16.3. The van der Waals surface area contributed by atoms with E-state index >= 15 is 0 Å². The number of carbonyl (C=O) groups excluding carboxylic acids is 2. The maximum atomic E-state index is 12.1. The minimum absolute atomic E-state index is 0.239. The van der Waals surface area contributed by atoms with Crippen LogP contribution in [0.5, 0.6) is 0 Å². The van der Waals surface area contributed by atoms with Gasteiger partial charge in [-0.25, -0.2) is 9.59 Å². The summed E-state index contributed by atoms with van der Waals surface area (Å²) in [5.74, 6) is -1.64. The molecular weight excluding hydrogens is 286 g/mol. The summed E-state index contributed by atoms with van der Waals surface area (Å²) in [7, 11) is 0. The Morgan fingerprint density at radius 2 is 1.91 bits per heavy atom. The minimum atomic E-state index is -1.37. The van der Waals surface area contributed by atoms with Crippen molar-refractivity contribution in [3.63, 3.8) is 0 Å². The fraction of sp³-hybridized carbons (Fsp3) is 0.400. The number of urea groups is 1. The first-order valence-corrected chi connectivity index (χ1v) is 7.01. The second-order valence-corrected chi connectivity index (χ2v) is 5.84. The van der Waals surface area contributed by atoms with Crippen LogP contribution in [0.15, 0.2) is 24.3 Å². The highest BCUT2D eigenvalue weighted by Crippen LogP contribution is 2.19. The largest absolute Gasteiger partial charge is 0.480 e. The molecule has 1 aromatic rings. The fourth-order valence-electron chi connectivity index (χ4n) is 1.73. The van der Waals surface area contributed by atoms with Crippen LogP contribution in [-0.4, -0.2) is 34.6 Å². The number of amides is 3. The Morgan fingerprint density at radius 3 is 2.50 bits per heavy atom. The van der Waals surface area contributed by atoms with E-state index in [0.29, 0.717) is 5.69 Å². The van der Waals surface area contributed by atoms with Crippen LogP contribution in [0.1, 0.15) is 37.0 Å². The summed E-state index contributed by atoms with van der Waals surface area (Å²) in [4.78, 5) is 34.8. The van der Waals surface area contributed by atoms with Crippen molar-refractivity contribution in [3.8, 4) is 0 Å². The SMILES string of the molecule is CC(C)(NC(=O)c1cccc(NC(=O)NC2CC2)c1)C(=O)O. The third kappa shape index (κ3) is 4.21. The standard InChI is InChI=1S/C15H19N3O4/c1-15(2,13(20)21)18-12(19)9-4-3-5-11(8-9)17-14(22)16-10-6-7-10/h3-5,8,10H,6-7H2,1-2H3,(H,18,19)(H,20,21)(H2,16,17,22). The zero-order valence-electron chi connectivity index (χ0n) is 12.5. The number of hydrogen-bond acceptors (Lipinski definition) is 3. The molecule has 0 atom stereocenters. The van der Waals surface area contributed by atoms with Gasteiger partial charge in [0, 0.05) is 17.3 Å². The first-order valence-electron chi connectivity index (χ1n) is 7.01. The number of hydrogen-bond donors (Lipinski definition) is 4. The van der Waals surface area contributed by atoms with Gasteiger partial charge < -0.3 is 21.1 Å². The van der Waals surface area contributed by atoms with Crippen molar-refractivity contribution in [1.29, 1.82) is 0 Å². The van der Waals surface area contributed by atoms with Crippen LogP contribution in [0.4, 0.5) is 10.5 Å². The lowest BCUT2D eigenvalue weighted by Gasteiger charge is -2.21. The summed E-state index contributed by atoms with van der Waals surface area (Å²) in [6.45, 7) is 2.80. The number of carboxylic acids is 1. The third-order valence-electron chi connectivity index (χ3n) is 3.26. The Balaban J connectivity index is 2.02. The second kappa shape index (κ2) is 6.05. The molecule has 1 saturated carbocycles. The number of aliphatic carboxylic acids is 1. The molecular formula is C15H19N3O4. The Morgan fingerprint density at radius 1 is 1.23 bits per heavy atom. The van der Waals surface area contributed by atoms with Crippen LogP contribution >= 0.6 is 0 Å². The normalized spacial score (nSPS) is 14.1. The number of carbonyl (C=O) groups is 3. The molecule has 0 spiro atoms. The molecule has 7 nitrogen and oxygen atoms in total. The van der Waals surface area contributed by atoms with E-state index in [-0.39, 0.29) is 17.6 Å². The van der Waals surface area contributed by atoms with Crippen LogP contribution in [0, 0.1) is 0 Å². The van der Waals surface area contributed by atoms with E-state index in [4.69, 9.17) is 5.11 Å². The molecule has 0 saturated heterocycles. The molecule has 0 bridgehead atoms. The monoisotopic (exact) mass is 305 g/mol. The number of rotatable bonds is 5. The van der Waals surface area contributed by atoms with E-state index < -0.39 is 17.4 Å². The van der Waals surface area contributed by atoms with Gasteiger partial charge in [-0.05, 0) is 44.9 Å². The van der Waals surface area contributed by atoms with Gasteiger partial charge >= 0.3 is 12.0 Å². The molecule has 3 amide bonds. The van der Waals surface area contributed by atoms with Crippen LogP contribution in [0.3, 0.4) is 0 Å². The Hall–Kier alpha value is -2.57. The van der Waals surface area contributed by atoms with Gasteiger partial charge in [0.1, 0.15) is 5.54 Å². The molecule has 1 aromatic carbocycles. The average molecular weight is 305 g/mol. The average Bonchev–Trinajstić information content (AvgIpc) is 3.22. The molecule has 0 unspecified atom stereocenters. The highest BCUT2D eigenvalue weighted by molar-refractivity contribution is 5.99. The van der Waals surface area contributed by atoms with E-state index in [9.17, 15) is 14.4 Å². The predicted octanol–water partition coefficient (Wildman–Crippen LogP) is 1.56. The van der Waals surface area contributed by atoms with E-state index in [2.05, 4.69) is 16.0 Å². The number of anilines is 1. The molecule has 0 heterocycles. The molecule has 118 valence electrons. The molecule has 22 heavy (non-hydrogen) atoms. The molecule has 4 N–H and O–H groups in total. The van der Waals surface area contributed by atoms with Gasteiger partial charge in [-0.1, -0.05) is 6.07 Å². The quantitative estimate of drug-likeness (QED) is 0.662. The van der Waals surface area contributed by atoms with Crippen LogP contribution < -0.4 is 16.0 Å². The van der Waals surface area contributed by atoms with Crippen molar-refractivity contribution in [2.45, 2.75) is 38.3 Å². The Bertz CT molecular complexity index is 609. The molecule has 1 fully saturated rings. The first kappa shape index (κ1) is 15.8. The highest BCUT2D eigenvalue weighted by Gasteiger charge is 2.29. The lowest BCUT2D eigenvalue weighted by Crippen LogP contribution is -2.49. The zero-order valence-corrected chi connectivity index (χ0v) is 12.5. The van der Waals surface area contributed by atoms with Crippen molar-refractivity contribution in [3.05, 3.63) is 29.8 Å². The van der Waals surface area contributed by atoms with Crippen molar-refractivity contribution < 1.29 is 19.5 Å². The third-order valence-corrected chi connectivity index (χ3v) is 3.26. The van der Waals surface area contributed by atoms with Gasteiger partial charge in [0.15, 0.2) is 0 Å². The maximum absolute atomic E-state index is 12.1. The van der Waals surface area contributed by atoms with Gasteiger partial charge in [0.25, 0.3) is 5.91 Å². The van der Waals surface area contributed by atoms with Crippen molar-refractivity contribution in [2.75, 3.05) is 5.32 Å². The maximum Gasteiger partial charge on any atom is 0.328 e. The van der Waals surface area contributed by atoms with E-state index in [1.54, 1.807) is 18.2 Å². The van der Waals surface area contributed by atoms with Crippen LogP contribution in [0.2, 0.25) is 0 Å². The Kier molecular flexibility index (Phi) is 4.35. The summed E-state index contributed by atoms with van der Waals surface area (Å²) in [6, 6.07) is 6.26. The molecule has 0 aliphatic heterocycles. The topological polar surface area (TPSA) is 108 Å². The number of carboxylic acid groups (broad SMARTS) is 1. The lowest BCUT2D eigenvalue weighted by atomic mass is 10.1. The summed E-state index contributed by atoms with van der Waals surface area (Å²) < 4.78 is 0. The summed E-state index contributed by atoms with van der Waals surface area (Å²) >= 11 is 0. The van der Waals surface area contributed by atoms with E-state index in [1.165, 1.54) is 19.9 Å². The summed E-state index contributed by atoms with van der Waals surface area (Å²) in [5, 5.41) is 16.9. The highest BCUT2D eigenvalue weighted by atomic mass is 16.4. The predicted molar refractivity (Wildman–Crippen MR) is 80.8 cm³/mol. The number of benzene rings is 1. The van der Waals surface area contributed by atoms with Gasteiger partial charge in [0.2, 0.25) is 0 Å². The van der Waals surface area contributed by atoms with Gasteiger partial charge in [-0.15, -0.1) is 0 Å². The summed E-state index contributed by atoms with van der Waals surface area (Å²) in [5.41, 5.74) is -0.624. The van der Waals surface area contributed by atoms with Crippen molar-refractivity contribution in [2.24, 2.45) is 0 Å². The molecule has 1 aliphatic rings. The van der Waals surface area contributed by atoms with E-state index in [1.807, 2.05) is 0 Å².